The van der Waals surface area contributed by atoms with E-state index in [1.807, 2.05) is 20.8 Å². The molecule has 0 aliphatic carbocycles. The molecule has 1 aliphatic rings. The zero-order chi connectivity index (χ0) is 20.7. The summed E-state index contributed by atoms with van der Waals surface area (Å²) in [5, 5.41) is 2.81. The minimum absolute atomic E-state index is 0.0943. The molecule has 2 rings (SSSR count). The molecule has 156 valence electrons. The number of benzene rings is 1. The molecule has 1 heterocycles. The molecule has 1 fully saturated rings. The quantitative estimate of drug-likeness (QED) is 0.772. The van der Waals surface area contributed by atoms with Crippen LogP contribution in [0.1, 0.15) is 38.8 Å². The molecule has 1 aliphatic heterocycles. The van der Waals surface area contributed by atoms with Gasteiger partial charge in [0.2, 0.25) is 0 Å². The molecule has 1 aromatic rings. The number of amides is 1. The number of ketones is 1. The van der Waals surface area contributed by atoms with Gasteiger partial charge in [-0.15, -0.1) is 0 Å². The third-order valence-corrected chi connectivity index (χ3v) is 5.00. The van der Waals surface area contributed by atoms with Crippen LogP contribution in [0.4, 0.5) is 9.18 Å². The summed E-state index contributed by atoms with van der Waals surface area (Å²) in [4.78, 5) is 28.8. The monoisotopic (exact) mass is 393 g/mol. The largest absolute Gasteiger partial charge is 0.442 e. The van der Waals surface area contributed by atoms with Crippen LogP contribution in [0.25, 0.3) is 0 Å². The van der Waals surface area contributed by atoms with Crippen LogP contribution in [-0.4, -0.2) is 68.1 Å². The Kier molecular flexibility index (Phi) is 7.95. The molecule has 6 nitrogen and oxygen atoms in total. The van der Waals surface area contributed by atoms with Gasteiger partial charge in [0.05, 0.1) is 6.04 Å². The maximum atomic E-state index is 13.2. The van der Waals surface area contributed by atoms with E-state index in [2.05, 4.69) is 22.2 Å². The molecule has 1 atom stereocenters. The van der Waals surface area contributed by atoms with Crippen LogP contribution in [-0.2, 0) is 9.53 Å². The van der Waals surface area contributed by atoms with E-state index < -0.39 is 6.09 Å². The molecule has 28 heavy (non-hydrogen) atoms. The minimum Gasteiger partial charge on any atom is -0.442 e. The molecule has 1 amide bonds. The van der Waals surface area contributed by atoms with Crippen molar-refractivity contribution in [2.45, 2.75) is 33.2 Å². The lowest BCUT2D eigenvalue weighted by Crippen LogP contribution is -2.45. The van der Waals surface area contributed by atoms with E-state index in [-0.39, 0.29) is 29.7 Å². The Morgan fingerprint density at radius 3 is 2.32 bits per heavy atom. The summed E-state index contributed by atoms with van der Waals surface area (Å²) in [6.07, 6.45) is -0.269. The third kappa shape index (κ3) is 7.20. The number of nitrogens with one attached hydrogen (secondary N) is 1. The topological polar surface area (TPSA) is 61.9 Å². The third-order valence-electron chi connectivity index (χ3n) is 5.00. The van der Waals surface area contributed by atoms with Crippen molar-refractivity contribution in [2.75, 3.05) is 46.4 Å². The molecular formula is C21H32FN3O3. The van der Waals surface area contributed by atoms with Gasteiger partial charge in [-0.25, -0.2) is 9.18 Å². The lowest BCUT2D eigenvalue weighted by molar-refractivity contribution is -0.122. The normalized spacial score (nSPS) is 17.2. The predicted molar refractivity (Wildman–Crippen MR) is 107 cm³/mol. The minimum atomic E-state index is -0.641. The van der Waals surface area contributed by atoms with Crippen molar-refractivity contribution in [2.24, 2.45) is 5.41 Å². The number of rotatable bonds is 7. The van der Waals surface area contributed by atoms with Crippen molar-refractivity contribution in [1.82, 2.24) is 15.1 Å². The van der Waals surface area contributed by atoms with E-state index in [4.69, 9.17) is 4.74 Å². The van der Waals surface area contributed by atoms with Gasteiger partial charge in [0.15, 0.2) is 12.4 Å². The fourth-order valence-corrected chi connectivity index (χ4v) is 3.19. The van der Waals surface area contributed by atoms with Crippen molar-refractivity contribution in [3.05, 3.63) is 35.6 Å². The van der Waals surface area contributed by atoms with Crippen LogP contribution in [0.5, 0.6) is 0 Å². The standard InChI is InChI=1S/C21H32FN3O3/c1-21(2,3)19(16-5-7-17(22)8-6-16)23-20(27)28-15-18(26)9-10-25-13-11-24(4)12-14-25/h5-8,19H,9-15H2,1-4H3,(H,23,27). The predicted octanol–water partition coefficient (Wildman–Crippen LogP) is 2.85. The number of carbonyl (C=O) groups is 2. The van der Waals surface area contributed by atoms with E-state index >= 15 is 0 Å². The van der Waals surface area contributed by atoms with Crippen molar-refractivity contribution < 1.29 is 18.7 Å². The number of hydrogen-bond donors (Lipinski definition) is 1. The first-order chi connectivity index (χ1) is 13.1. The van der Waals surface area contributed by atoms with Crippen molar-refractivity contribution in [1.29, 1.82) is 0 Å². The number of likely N-dealkylation sites (N-methyl/N-ethyl adjacent to an activating group) is 1. The summed E-state index contributed by atoms with van der Waals surface area (Å²) >= 11 is 0. The van der Waals surface area contributed by atoms with Crippen LogP contribution in [0, 0.1) is 11.2 Å². The molecule has 0 spiro atoms. The molecular weight excluding hydrogens is 361 g/mol. The lowest BCUT2D eigenvalue weighted by Gasteiger charge is -2.32. The molecule has 1 N–H and O–H groups in total. The van der Waals surface area contributed by atoms with Crippen molar-refractivity contribution in [3.63, 3.8) is 0 Å². The number of ether oxygens (including phenoxy) is 1. The number of Topliss-reactive ketones (excluding diaryl/α,β-unsaturated/α-hetero) is 1. The Morgan fingerprint density at radius 1 is 1.14 bits per heavy atom. The molecule has 0 aromatic heterocycles. The second kappa shape index (κ2) is 9.98. The molecule has 1 saturated heterocycles. The van der Waals surface area contributed by atoms with Crippen molar-refractivity contribution in [3.8, 4) is 0 Å². The van der Waals surface area contributed by atoms with Gasteiger partial charge in [-0.1, -0.05) is 32.9 Å². The zero-order valence-electron chi connectivity index (χ0n) is 17.3. The smallest absolute Gasteiger partial charge is 0.408 e. The van der Waals surface area contributed by atoms with Gasteiger partial charge in [-0.2, -0.15) is 0 Å². The van der Waals surface area contributed by atoms with E-state index in [1.54, 1.807) is 12.1 Å². The highest BCUT2D eigenvalue weighted by molar-refractivity contribution is 5.82. The molecule has 7 heteroatoms. The highest BCUT2D eigenvalue weighted by Crippen LogP contribution is 2.32. The average molecular weight is 394 g/mol. The molecule has 0 radical (unpaired) electrons. The van der Waals surface area contributed by atoms with Crippen LogP contribution < -0.4 is 5.32 Å². The fourth-order valence-electron chi connectivity index (χ4n) is 3.19. The number of nitrogens with zero attached hydrogens (tertiary/aromatic N) is 2. The van der Waals surface area contributed by atoms with Gasteiger partial charge in [0, 0.05) is 39.1 Å². The van der Waals surface area contributed by atoms with Crippen LogP contribution in [0.15, 0.2) is 24.3 Å². The Labute approximate surface area is 167 Å². The second-order valence-electron chi connectivity index (χ2n) is 8.50. The van der Waals surface area contributed by atoms with E-state index in [9.17, 15) is 14.0 Å². The zero-order valence-corrected chi connectivity index (χ0v) is 17.3. The van der Waals surface area contributed by atoms with E-state index in [1.165, 1.54) is 12.1 Å². The number of alkyl carbamates (subject to hydrolysis) is 1. The second-order valence-corrected chi connectivity index (χ2v) is 8.50. The van der Waals surface area contributed by atoms with Gasteiger partial charge in [-0.05, 0) is 30.2 Å². The van der Waals surface area contributed by atoms with E-state index in [0.29, 0.717) is 13.0 Å². The van der Waals surface area contributed by atoms with Crippen LogP contribution >= 0.6 is 0 Å². The first-order valence-corrected chi connectivity index (χ1v) is 9.76. The van der Waals surface area contributed by atoms with Crippen LogP contribution in [0.3, 0.4) is 0 Å². The first-order valence-electron chi connectivity index (χ1n) is 9.76. The summed E-state index contributed by atoms with van der Waals surface area (Å²) in [7, 11) is 2.09. The summed E-state index contributed by atoms with van der Waals surface area (Å²) in [6, 6.07) is 5.66. The van der Waals surface area contributed by atoms with E-state index in [0.717, 1.165) is 31.7 Å². The number of carbonyl (C=O) groups excluding carboxylic acids is 2. The first kappa shape index (κ1) is 22.3. The van der Waals surface area contributed by atoms with Crippen molar-refractivity contribution >= 4 is 11.9 Å². The SMILES string of the molecule is CN1CCN(CCC(=O)COC(=O)NC(c2ccc(F)cc2)C(C)(C)C)CC1. The number of piperazine rings is 1. The molecule has 1 aromatic carbocycles. The summed E-state index contributed by atoms with van der Waals surface area (Å²) in [5.74, 6) is -0.423. The summed E-state index contributed by atoms with van der Waals surface area (Å²) in [6.45, 7) is 10.3. The molecule has 0 saturated carbocycles. The molecule has 0 bridgehead atoms. The van der Waals surface area contributed by atoms with Crippen LogP contribution in [0.2, 0.25) is 0 Å². The Hall–Kier alpha value is -1.99. The average Bonchev–Trinajstić information content (AvgIpc) is 2.64. The highest BCUT2D eigenvalue weighted by atomic mass is 19.1. The maximum Gasteiger partial charge on any atom is 0.408 e. The summed E-state index contributed by atoms with van der Waals surface area (Å²) in [5.41, 5.74) is 0.481. The van der Waals surface area contributed by atoms with Gasteiger partial charge < -0.3 is 19.9 Å². The Morgan fingerprint density at radius 2 is 1.75 bits per heavy atom. The number of halogens is 1. The molecule has 1 unspecified atom stereocenters. The van der Waals surface area contributed by atoms with Gasteiger partial charge in [0.1, 0.15) is 5.82 Å². The Bertz CT molecular complexity index is 650. The maximum absolute atomic E-state index is 13.2. The number of hydrogen-bond acceptors (Lipinski definition) is 5. The lowest BCUT2D eigenvalue weighted by atomic mass is 9.82. The Balaban J connectivity index is 1.79. The van der Waals surface area contributed by atoms with Gasteiger partial charge in [-0.3, -0.25) is 4.79 Å². The van der Waals surface area contributed by atoms with Gasteiger partial charge >= 0.3 is 6.09 Å². The summed E-state index contributed by atoms with van der Waals surface area (Å²) < 4.78 is 18.3. The highest BCUT2D eigenvalue weighted by Gasteiger charge is 2.28. The fraction of sp³-hybridized carbons (Fsp3) is 0.619. The van der Waals surface area contributed by atoms with Gasteiger partial charge in [0.25, 0.3) is 0 Å².